The normalized spacial score (nSPS) is 26.6. The van der Waals surface area contributed by atoms with Crippen LogP contribution in [0.15, 0.2) is 35.9 Å². The summed E-state index contributed by atoms with van der Waals surface area (Å²) in [6.45, 7) is 1.15. The van der Waals surface area contributed by atoms with Gasteiger partial charge < -0.3 is 0 Å². The molecule has 0 amide bonds. The SMILES string of the molecule is CN1CCC[C@H]1/C=C1\CCc2ccccc2C1=O. The molecular formula is C16H19NO. The van der Waals surface area contributed by atoms with Gasteiger partial charge in [-0.2, -0.15) is 0 Å². The summed E-state index contributed by atoms with van der Waals surface area (Å²) in [5, 5.41) is 0. The van der Waals surface area contributed by atoms with Crippen molar-refractivity contribution in [3.8, 4) is 0 Å². The van der Waals surface area contributed by atoms with Crippen LogP contribution in [0, 0.1) is 0 Å². The molecule has 0 N–H and O–H groups in total. The summed E-state index contributed by atoms with van der Waals surface area (Å²) in [5.74, 6) is 0.247. The van der Waals surface area contributed by atoms with Crippen molar-refractivity contribution in [3.05, 3.63) is 47.0 Å². The summed E-state index contributed by atoms with van der Waals surface area (Å²) in [5.41, 5.74) is 3.14. The number of allylic oxidation sites excluding steroid dienone is 1. The Hall–Kier alpha value is -1.41. The first-order chi connectivity index (χ1) is 8.75. The van der Waals surface area contributed by atoms with Gasteiger partial charge in [0, 0.05) is 11.6 Å². The van der Waals surface area contributed by atoms with Crippen LogP contribution in [0.5, 0.6) is 0 Å². The van der Waals surface area contributed by atoms with E-state index in [-0.39, 0.29) is 5.78 Å². The summed E-state index contributed by atoms with van der Waals surface area (Å²) in [6.07, 6.45) is 6.56. The molecule has 1 aromatic rings. The molecule has 0 spiro atoms. The first kappa shape index (κ1) is 11.7. The fourth-order valence-electron chi connectivity index (χ4n) is 3.05. The summed E-state index contributed by atoms with van der Waals surface area (Å²) in [6, 6.07) is 8.48. The predicted molar refractivity (Wildman–Crippen MR) is 72.8 cm³/mol. The minimum atomic E-state index is 0.247. The van der Waals surface area contributed by atoms with Gasteiger partial charge in [0.2, 0.25) is 0 Å². The van der Waals surface area contributed by atoms with E-state index in [0.29, 0.717) is 6.04 Å². The Morgan fingerprint density at radius 3 is 2.89 bits per heavy atom. The molecule has 1 saturated heterocycles. The van der Waals surface area contributed by atoms with Gasteiger partial charge in [-0.15, -0.1) is 0 Å². The molecule has 0 aromatic heterocycles. The van der Waals surface area contributed by atoms with Crippen LogP contribution in [0.2, 0.25) is 0 Å². The maximum atomic E-state index is 12.4. The fraction of sp³-hybridized carbons (Fsp3) is 0.438. The number of hydrogen-bond acceptors (Lipinski definition) is 2. The molecule has 94 valence electrons. The van der Waals surface area contributed by atoms with Gasteiger partial charge in [-0.3, -0.25) is 9.69 Å². The van der Waals surface area contributed by atoms with Crippen LogP contribution in [0.4, 0.5) is 0 Å². The van der Waals surface area contributed by atoms with Gasteiger partial charge in [0.25, 0.3) is 0 Å². The second-order valence-electron chi connectivity index (χ2n) is 5.37. The predicted octanol–water partition coefficient (Wildman–Crippen LogP) is 2.84. The zero-order chi connectivity index (χ0) is 12.5. The summed E-state index contributed by atoms with van der Waals surface area (Å²) >= 11 is 0. The van der Waals surface area contributed by atoms with Gasteiger partial charge in [-0.1, -0.05) is 30.3 Å². The van der Waals surface area contributed by atoms with Crippen LogP contribution in [0.3, 0.4) is 0 Å². The summed E-state index contributed by atoms with van der Waals surface area (Å²) in [4.78, 5) is 14.8. The van der Waals surface area contributed by atoms with Gasteiger partial charge in [0.05, 0.1) is 0 Å². The molecule has 0 bridgehead atoms. The number of aryl methyl sites for hydroxylation is 1. The molecule has 3 rings (SSSR count). The van der Waals surface area contributed by atoms with E-state index in [1.165, 1.54) is 18.4 Å². The monoisotopic (exact) mass is 241 g/mol. The van der Waals surface area contributed by atoms with Crippen LogP contribution < -0.4 is 0 Å². The van der Waals surface area contributed by atoms with Gasteiger partial charge in [0.1, 0.15) is 0 Å². The highest BCUT2D eigenvalue weighted by Gasteiger charge is 2.25. The smallest absolute Gasteiger partial charge is 0.189 e. The number of hydrogen-bond donors (Lipinski definition) is 0. The number of rotatable bonds is 1. The van der Waals surface area contributed by atoms with Crippen LogP contribution in [0.1, 0.15) is 35.2 Å². The van der Waals surface area contributed by atoms with Crippen LogP contribution in [-0.2, 0) is 6.42 Å². The number of carbonyl (C=O) groups excluding carboxylic acids is 1. The molecule has 1 aromatic carbocycles. The number of likely N-dealkylation sites (tertiary alicyclic amines) is 1. The van der Waals surface area contributed by atoms with Gasteiger partial charge in [-0.25, -0.2) is 0 Å². The van der Waals surface area contributed by atoms with E-state index in [4.69, 9.17) is 0 Å². The molecule has 2 aliphatic rings. The van der Waals surface area contributed by atoms with E-state index in [1.807, 2.05) is 18.2 Å². The standard InChI is InChI=1S/C16H19NO/c1-17-10-4-6-14(17)11-13-9-8-12-5-2-3-7-15(12)16(13)18/h2-3,5,7,11,14H,4,6,8-10H2,1H3/b13-11+/t14-/m0/s1. The van der Waals surface area contributed by atoms with Crippen LogP contribution in [-0.4, -0.2) is 30.3 Å². The molecule has 0 radical (unpaired) electrons. The van der Waals surface area contributed by atoms with E-state index in [2.05, 4.69) is 24.1 Å². The lowest BCUT2D eigenvalue weighted by Crippen LogP contribution is -2.25. The summed E-state index contributed by atoms with van der Waals surface area (Å²) in [7, 11) is 2.15. The zero-order valence-electron chi connectivity index (χ0n) is 10.9. The Morgan fingerprint density at radius 2 is 2.11 bits per heavy atom. The lowest BCUT2D eigenvalue weighted by Gasteiger charge is -2.21. The third kappa shape index (κ3) is 2.01. The number of Topliss-reactive ketones (excluding diaryl/α,β-unsaturated/α-hetero) is 1. The number of ketones is 1. The van der Waals surface area contributed by atoms with Gasteiger partial charge >= 0.3 is 0 Å². The Kier molecular flexibility index (Phi) is 3.04. The number of nitrogens with zero attached hydrogens (tertiary/aromatic N) is 1. The van der Waals surface area contributed by atoms with Gasteiger partial charge in [-0.05, 0) is 50.4 Å². The quantitative estimate of drug-likeness (QED) is 0.705. The molecule has 1 atom stereocenters. The zero-order valence-corrected chi connectivity index (χ0v) is 10.9. The van der Waals surface area contributed by atoms with E-state index < -0.39 is 0 Å². The average molecular weight is 241 g/mol. The Balaban J connectivity index is 1.88. The molecule has 0 unspecified atom stereocenters. The highest BCUT2D eigenvalue weighted by Crippen LogP contribution is 2.27. The first-order valence-electron chi connectivity index (χ1n) is 6.79. The van der Waals surface area contributed by atoms with E-state index in [0.717, 1.165) is 30.5 Å². The van der Waals surface area contributed by atoms with Crippen molar-refractivity contribution in [2.45, 2.75) is 31.7 Å². The fourth-order valence-corrected chi connectivity index (χ4v) is 3.05. The number of likely N-dealkylation sites (N-methyl/N-ethyl adjacent to an activating group) is 1. The van der Waals surface area contributed by atoms with Crippen molar-refractivity contribution >= 4 is 5.78 Å². The first-order valence-corrected chi connectivity index (χ1v) is 6.79. The lowest BCUT2D eigenvalue weighted by molar-refractivity contribution is 0.102. The average Bonchev–Trinajstić information content (AvgIpc) is 2.79. The van der Waals surface area contributed by atoms with Crippen molar-refractivity contribution in [2.75, 3.05) is 13.6 Å². The highest BCUT2D eigenvalue weighted by atomic mass is 16.1. The van der Waals surface area contributed by atoms with Crippen molar-refractivity contribution < 1.29 is 4.79 Å². The maximum absolute atomic E-state index is 12.4. The number of fused-ring (bicyclic) bond motifs is 1. The molecule has 2 nitrogen and oxygen atoms in total. The third-order valence-corrected chi connectivity index (χ3v) is 4.19. The lowest BCUT2D eigenvalue weighted by atomic mass is 9.86. The van der Waals surface area contributed by atoms with Crippen molar-refractivity contribution in [1.29, 1.82) is 0 Å². The molecule has 1 aliphatic carbocycles. The number of benzene rings is 1. The third-order valence-electron chi connectivity index (χ3n) is 4.19. The maximum Gasteiger partial charge on any atom is 0.189 e. The largest absolute Gasteiger partial charge is 0.300 e. The van der Waals surface area contributed by atoms with E-state index in [9.17, 15) is 4.79 Å². The Labute approximate surface area is 108 Å². The second kappa shape index (κ2) is 4.69. The van der Waals surface area contributed by atoms with E-state index in [1.54, 1.807) is 0 Å². The molecule has 18 heavy (non-hydrogen) atoms. The van der Waals surface area contributed by atoms with Crippen molar-refractivity contribution in [3.63, 3.8) is 0 Å². The number of carbonyl (C=O) groups is 1. The second-order valence-corrected chi connectivity index (χ2v) is 5.37. The van der Waals surface area contributed by atoms with E-state index >= 15 is 0 Å². The van der Waals surface area contributed by atoms with Crippen molar-refractivity contribution in [2.24, 2.45) is 0 Å². The molecular weight excluding hydrogens is 222 g/mol. The highest BCUT2D eigenvalue weighted by molar-refractivity contribution is 6.10. The van der Waals surface area contributed by atoms with Crippen LogP contribution >= 0.6 is 0 Å². The summed E-state index contributed by atoms with van der Waals surface area (Å²) < 4.78 is 0. The minimum absolute atomic E-state index is 0.247. The topological polar surface area (TPSA) is 20.3 Å². The Morgan fingerprint density at radius 1 is 1.28 bits per heavy atom. The molecule has 1 fully saturated rings. The van der Waals surface area contributed by atoms with Gasteiger partial charge in [0.15, 0.2) is 5.78 Å². The van der Waals surface area contributed by atoms with Crippen LogP contribution in [0.25, 0.3) is 0 Å². The molecule has 0 saturated carbocycles. The van der Waals surface area contributed by atoms with Crippen molar-refractivity contribution in [1.82, 2.24) is 4.90 Å². The molecule has 1 heterocycles. The molecule has 2 heteroatoms. The Bertz CT molecular complexity index is 504. The molecule has 1 aliphatic heterocycles. The minimum Gasteiger partial charge on any atom is -0.300 e.